The van der Waals surface area contributed by atoms with Gasteiger partial charge in [-0.05, 0) is 31.2 Å². The van der Waals surface area contributed by atoms with Gasteiger partial charge in [0.05, 0.1) is 18.9 Å². The molecule has 28 heavy (non-hydrogen) atoms. The lowest BCUT2D eigenvalue weighted by molar-refractivity contribution is -0.133. The molecule has 0 spiro atoms. The third-order valence-electron chi connectivity index (χ3n) is 6.57. The predicted molar refractivity (Wildman–Crippen MR) is 106 cm³/mol. The third kappa shape index (κ3) is 3.39. The predicted octanol–water partition coefficient (Wildman–Crippen LogP) is 2.31. The van der Waals surface area contributed by atoms with E-state index in [1.54, 1.807) is 13.4 Å². The number of nitrogens with one attached hydrogen (secondary N) is 2. The molecule has 7 nitrogen and oxygen atoms in total. The number of H-pyrrole nitrogens is 1. The van der Waals surface area contributed by atoms with Gasteiger partial charge >= 0.3 is 0 Å². The zero-order valence-corrected chi connectivity index (χ0v) is 16.6. The van der Waals surface area contributed by atoms with E-state index < -0.39 is 0 Å². The maximum absolute atomic E-state index is 13.2. The molecule has 7 heteroatoms. The van der Waals surface area contributed by atoms with Crippen molar-refractivity contribution in [1.82, 2.24) is 25.2 Å². The van der Waals surface area contributed by atoms with Gasteiger partial charge < -0.3 is 15.0 Å². The molecular weight excluding hydrogens is 354 g/mol. The van der Waals surface area contributed by atoms with Crippen LogP contribution in [0.25, 0.3) is 0 Å². The van der Waals surface area contributed by atoms with Crippen LogP contribution in [0.4, 0.5) is 0 Å². The van der Waals surface area contributed by atoms with Crippen molar-refractivity contribution in [2.24, 2.45) is 5.41 Å². The minimum Gasteiger partial charge on any atom is -0.481 e. The van der Waals surface area contributed by atoms with E-state index in [0.717, 1.165) is 37.9 Å². The number of methoxy groups -OCH3 is 1. The highest BCUT2D eigenvalue weighted by molar-refractivity contribution is 5.84. The second kappa shape index (κ2) is 7.91. The van der Waals surface area contributed by atoms with Crippen molar-refractivity contribution in [3.05, 3.63) is 42.1 Å². The first-order chi connectivity index (χ1) is 13.7. The summed E-state index contributed by atoms with van der Waals surface area (Å²) in [4.78, 5) is 27.2. The van der Waals surface area contributed by atoms with E-state index in [0.29, 0.717) is 24.5 Å². The fraction of sp³-hybridized carbons (Fsp3) is 0.571. The lowest BCUT2D eigenvalue weighted by Gasteiger charge is -2.35. The molecule has 2 aliphatic heterocycles. The Labute approximate surface area is 165 Å². The number of fused-ring (bicyclic) bond motifs is 2. The summed E-state index contributed by atoms with van der Waals surface area (Å²) >= 11 is 0. The molecule has 4 heterocycles. The number of pyridine rings is 1. The lowest BCUT2D eigenvalue weighted by Crippen LogP contribution is -2.49. The molecule has 2 aromatic rings. The molecular formula is C21H29N5O2. The zero-order chi connectivity index (χ0) is 19.6. The van der Waals surface area contributed by atoms with Crippen molar-refractivity contribution in [3.8, 4) is 5.88 Å². The number of ether oxygens (including phenoxy) is 1. The minimum atomic E-state index is -0.281. The molecule has 0 unspecified atom stereocenters. The smallest absolute Gasteiger partial charge is 0.227 e. The zero-order valence-electron chi connectivity index (χ0n) is 16.6. The summed E-state index contributed by atoms with van der Waals surface area (Å²) in [6.07, 6.45) is 10.2. The standard InChI is InChI=1S/C21H29N5O2/c1-3-21(20(27)23-9-8-16-12-22-14-25-16)10-17-5-6-18(21)26(17)13-15-4-7-19(28-2)24-11-15/h4,7,11-12,14,17-18H,3,5-6,8-10,13H2,1-2H3,(H,22,25)(H,23,27)/t17-,18+,21+/m0/s1. The van der Waals surface area contributed by atoms with Crippen LogP contribution < -0.4 is 10.1 Å². The van der Waals surface area contributed by atoms with Crippen LogP contribution in [0.1, 0.15) is 43.9 Å². The number of aromatic nitrogens is 3. The Kier molecular flexibility index (Phi) is 5.35. The van der Waals surface area contributed by atoms with Crippen LogP contribution in [0.15, 0.2) is 30.9 Å². The van der Waals surface area contributed by atoms with Crippen LogP contribution in [-0.2, 0) is 17.8 Å². The maximum atomic E-state index is 13.2. The van der Waals surface area contributed by atoms with Crippen LogP contribution >= 0.6 is 0 Å². The lowest BCUT2D eigenvalue weighted by atomic mass is 9.71. The summed E-state index contributed by atoms with van der Waals surface area (Å²) in [6.45, 7) is 3.64. The molecule has 2 aromatic heterocycles. The second-order valence-electron chi connectivity index (χ2n) is 7.92. The molecule has 2 saturated heterocycles. The fourth-order valence-electron chi connectivity index (χ4n) is 5.07. The van der Waals surface area contributed by atoms with Gasteiger partial charge in [-0.15, -0.1) is 0 Å². The molecule has 2 N–H and O–H groups in total. The van der Waals surface area contributed by atoms with Gasteiger partial charge in [-0.25, -0.2) is 9.97 Å². The highest BCUT2D eigenvalue weighted by Crippen LogP contribution is 2.52. The Morgan fingerprint density at radius 1 is 1.39 bits per heavy atom. The van der Waals surface area contributed by atoms with Crippen LogP contribution in [-0.4, -0.2) is 51.5 Å². The van der Waals surface area contributed by atoms with Gasteiger partial charge in [-0.2, -0.15) is 0 Å². The Balaban J connectivity index is 1.42. The topological polar surface area (TPSA) is 83.1 Å². The first-order valence-electron chi connectivity index (χ1n) is 10.2. The molecule has 0 aromatic carbocycles. The van der Waals surface area contributed by atoms with Crippen molar-refractivity contribution in [2.75, 3.05) is 13.7 Å². The highest BCUT2D eigenvalue weighted by atomic mass is 16.5. The number of hydrogen-bond acceptors (Lipinski definition) is 5. The molecule has 0 aliphatic carbocycles. The number of rotatable bonds is 8. The van der Waals surface area contributed by atoms with Crippen LogP contribution in [0.2, 0.25) is 0 Å². The fourth-order valence-corrected chi connectivity index (χ4v) is 5.07. The quantitative estimate of drug-likeness (QED) is 0.731. The first kappa shape index (κ1) is 18.9. The molecule has 1 amide bonds. The molecule has 3 atom stereocenters. The van der Waals surface area contributed by atoms with Crippen LogP contribution in [0.5, 0.6) is 5.88 Å². The van der Waals surface area contributed by atoms with Gasteiger partial charge in [-0.1, -0.05) is 13.0 Å². The van der Waals surface area contributed by atoms with Gasteiger partial charge in [0.15, 0.2) is 0 Å². The molecule has 4 rings (SSSR count). The average molecular weight is 383 g/mol. The number of carbonyl (C=O) groups excluding carboxylic acids is 1. The maximum Gasteiger partial charge on any atom is 0.227 e. The van der Waals surface area contributed by atoms with Crippen molar-refractivity contribution in [2.45, 2.75) is 57.7 Å². The van der Waals surface area contributed by atoms with Gasteiger partial charge in [0.25, 0.3) is 0 Å². The second-order valence-corrected chi connectivity index (χ2v) is 7.92. The van der Waals surface area contributed by atoms with Crippen molar-refractivity contribution in [3.63, 3.8) is 0 Å². The van der Waals surface area contributed by atoms with E-state index in [1.165, 1.54) is 12.0 Å². The first-order valence-corrected chi connectivity index (χ1v) is 10.2. The van der Waals surface area contributed by atoms with Gasteiger partial charge in [-0.3, -0.25) is 9.69 Å². The Morgan fingerprint density at radius 2 is 2.29 bits per heavy atom. The number of nitrogens with zero attached hydrogens (tertiary/aromatic N) is 3. The van der Waals surface area contributed by atoms with Crippen LogP contribution in [0.3, 0.4) is 0 Å². The SMILES string of the molecule is CC[C@@]1(C(=O)NCCc2cnc[nH]2)C[C@@H]2CC[C@H]1N2Cc1ccc(OC)nc1. The van der Waals surface area contributed by atoms with E-state index in [9.17, 15) is 4.79 Å². The molecule has 2 aliphatic rings. The summed E-state index contributed by atoms with van der Waals surface area (Å²) in [6, 6.07) is 4.76. The number of carbonyl (C=O) groups is 1. The van der Waals surface area contributed by atoms with E-state index in [1.807, 2.05) is 18.5 Å². The molecule has 150 valence electrons. The van der Waals surface area contributed by atoms with Crippen molar-refractivity contribution >= 4 is 5.91 Å². The third-order valence-corrected chi connectivity index (χ3v) is 6.57. The average Bonchev–Trinajstić information content (AvgIpc) is 3.45. The molecule has 2 bridgehead atoms. The van der Waals surface area contributed by atoms with E-state index in [4.69, 9.17) is 4.74 Å². The van der Waals surface area contributed by atoms with E-state index in [-0.39, 0.29) is 11.3 Å². The van der Waals surface area contributed by atoms with Crippen LogP contribution in [0, 0.1) is 5.41 Å². The number of hydrogen-bond donors (Lipinski definition) is 2. The minimum absolute atomic E-state index is 0.208. The van der Waals surface area contributed by atoms with E-state index >= 15 is 0 Å². The Hall–Kier alpha value is -2.41. The van der Waals surface area contributed by atoms with Gasteiger partial charge in [0.2, 0.25) is 11.8 Å². The van der Waals surface area contributed by atoms with E-state index in [2.05, 4.69) is 38.2 Å². The number of amides is 1. The molecule has 0 radical (unpaired) electrons. The Morgan fingerprint density at radius 3 is 2.96 bits per heavy atom. The van der Waals surface area contributed by atoms with Crippen molar-refractivity contribution < 1.29 is 9.53 Å². The summed E-state index contributed by atoms with van der Waals surface area (Å²) in [5.41, 5.74) is 1.94. The van der Waals surface area contributed by atoms with Gasteiger partial charge in [0.1, 0.15) is 0 Å². The summed E-state index contributed by atoms with van der Waals surface area (Å²) < 4.78 is 5.16. The number of aromatic amines is 1. The summed E-state index contributed by atoms with van der Waals surface area (Å²) in [7, 11) is 1.63. The summed E-state index contributed by atoms with van der Waals surface area (Å²) in [5, 5.41) is 3.20. The summed E-state index contributed by atoms with van der Waals surface area (Å²) in [5.74, 6) is 0.840. The number of imidazole rings is 1. The normalized spacial score (nSPS) is 26.5. The highest BCUT2D eigenvalue weighted by Gasteiger charge is 2.58. The van der Waals surface area contributed by atoms with Gasteiger partial charge in [0, 0.05) is 55.7 Å². The largest absolute Gasteiger partial charge is 0.481 e. The molecule has 0 saturated carbocycles. The monoisotopic (exact) mass is 383 g/mol. The Bertz CT molecular complexity index is 792. The molecule has 2 fully saturated rings. The van der Waals surface area contributed by atoms with Crippen molar-refractivity contribution in [1.29, 1.82) is 0 Å².